The number of para-hydroxylation sites is 1. The van der Waals surface area contributed by atoms with E-state index >= 15 is 0 Å². The molecule has 0 spiro atoms. The smallest absolute Gasteiger partial charge is 0.326 e. The molecule has 5 rings (SSSR count). The number of nitrogens with one attached hydrogen (secondary N) is 2. The van der Waals surface area contributed by atoms with Gasteiger partial charge in [0.1, 0.15) is 0 Å². The summed E-state index contributed by atoms with van der Waals surface area (Å²) in [5.41, 5.74) is 4.85. The fourth-order valence-electron chi connectivity index (χ4n) is 5.57. The fourth-order valence-corrected chi connectivity index (χ4v) is 5.57. The summed E-state index contributed by atoms with van der Waals surface area (Å²) in [7, 11) is 1.89. The number of carbonyl (C=O) groups excluding carboxylic acids is 1. The van der Waals surface area contributed by atoms with Crippen molar-refractivity contribution >= 4 is 34.0 Å². The molecule has 180 valence electrons. The molecule has 0 radical (unpaired) electrons. The van der Waals surface area contributed by atoms with E-state index in [4.69, 9.17) is 0 Å². The molecule has 2 aromatic carbocycles. The molecule has 3 aromatic rings. The van der Waals surface area contributed by atoms with Gasteiger partial charge in [0.15, 0.2) is 0 Å². The summed E-state index contributed by atoms with van der Waals surface area (Å²) in [5.74, 6) is 0.660. The average molecular weight is 462 g/mol. The number of aromatic amines is 1. The number of anilines is 3. The molecule has 1 saturated carbocycles. The van der Waals surface area contributed by atoms with E-state index in [1.54, 1.807) is 6.92 Å². The zero-order chi connectivity index (χ0) is 23.7. The van der Waals surface area contributed by atoms with Crippen molar-refractivity contribution in [2.45, 2.75) is 58.0 Å². The summed E-state index contributed by atoms with van der Waals surface area (Å²) in [6.45, 7) is 4.05. The van der Waals surface area contributed by atoms with Crippen LogP contribution in [-0.4, -0.2) is 46.5 Å². The summed E-state index contributed by atoms with van der Waals surface area (Å²) in [6, 6.07) is 14.5. The van der Waals surface area contributed by atoms with E-state index in [1.807, 2.05) is 46.8 Å². The van der Waals surface area contributed by atoms with Gasteiger partial charge in [-0.1, -0.05) is 37.5 Å². The number of nitrogens with zero attached hydrogens (tertiary/aromatic N) is 3. The number of carbonyl (C=O) groups is 1. The van der Waals surface area contributed by atoms with Crippen LogP contribution in [0.3, 0.4) is 0 Å². The first-order valence-electron chi connectivity index (χ1n) is 12.6. The zero-order valence-electron chi connectivity index (χ0n) is 20.2. The molecule has 1 aliphatic heterocycles. The number of imidazole rings is 1. The molecule has 34 heavy (non-hydrogen) atoms. The third-order valence-corrected chi connectivity index (χ3v) is 7.66. The molecule has 1 unspecified atom stereocenters. The molecule has 1 amide bonds. The third-order valence-electron chi connectivity index (χ3n) is 7.66. The van der Waals surface area contributed by atoms with Gasteiger partial charge in [-0.2, -0.15) is 0 Å². The molecule has 2 fully saturated rings. The van der Waals surface area contributed by atoms with Crippen molar-refractivity contribution in [3.05, 3.63) is 52.9 Å². The Morgan fingerprint density at radius 3 is 2.62 bits per heavy atom. The van der Waals surface area contributed by atoms with Crippen LogP contribution in [0, 0.1) is 5.92 Å². The second-order valence-electron chi connectivity index (χ2n) is 9.94. The lowest BCUT2D eigenvalue weighted by atomic mass is 9.89. The second-order valence-corrected chi connectivity index (χ2v) is 9.94. The number of likely N-dealkylation sites (N-methyl/N-ethyl adjacent to an activating group) is 1. The van der Waals surface area contributed by atoms with Gasteiger partial charge in [-0.05, 0) is 49.4 Å². The maximum atomic E-state index is 13.0. The van der Waals surface area contributed by atoms with E-state index in [1.165, 1.54) is 32.1 Å². The van der Waals surface area contributed by atoms with E-state index in [9.17, 15) is 9.59 Å². The lowest BCUT2D eigenvalue weighted by Gasteiger charge is -2.26. The number of fused-ring (bicyclic) bond motifs is 1. The molecule has 1 saturated heterocycles. The van der Waals surface area contributed by atoms with Crippen molar-refractivity contribution in [3.8, 4) is 0 Å². The quantitative estimate of drug-likeness (QED) is 0.558. The topological polar surface area (TPSA) is 73.4 Å². The Morgan fingerprint density at radius 2 is 1.88 bits per heavy atom. The maximum absolute atomic E-state index is 13.0. The van der Waals surface area contributed by atoms with Crippen molar-refractivity contribution in [1.82, 2.24) is 14.5 Å². The molecule has 1 aromatic heterocycles. The second kappa shape index (κ2) is 9.57. The fraction of sp³-hybridized carbons (Fsp3) is 0.481. The molecule has 2 aliphatic rings. The van der Waals surface area contributed by atoms with Crippen LogP contribution in [0.25, 0.3) is 11.0 Å². The molecule has 2 N–H and O–H groups in total. The van der Waals surface area contributed by atoms with Crippen LogP contribution in [0.15, 0.2) is 47.3 Å². The number of hydrogen-bond donors (Lipinski definition) is 2. The predicted molar refractivity (Wildman–Crippen MR) is 138 cm³/mol. The van der Waals surface area contributed by atoms with Crippen LogP contribution < -0.4 is 15.9 Å². The first-order chi connectivity index (χ1) is 16.5. The lowest BCUT2D eigenvalue weighted by molar-refractivity contribution is -0.129. The summed E-state index contributed by atoms with van der Waals surface area (Å²) < 4.78 is 1.94. The van der Waals surface area contributed by atoms with Gasteiger partial charge >= 0.3 is 5.69 Å². The molecule has 0 bridgehead atoms. The Hall–Kier alpha value is -3.22. The Balaban J connectivity index is 1.53. The maximum Gasteiger partial charge on any atom is 0.326 e. The van der Waals surface area contributed by atoms with Crippen LogP contribution in [0.1, 0.15) is 45.4 Å². The monoisotopic (exact) mass is 461 g/mol. The highest BCUT2D eigenvalue weighted by Crippen LogP contribution is 2.36. The van der Waals surface area contributed by atoms with Crippen molar-refractivity contribution in [1.29, 1.82) is 0 Å². The van der Waals surface area contributed by atoms with Gasteiger partial charge in [-0.25, -0.2) is 4.79 Å². The van der Waals surface area contributed by atoms with Crippen molar-refractivity contribution in [2.24, 2.45) is 5.92 Å². The van der Waals surface area contributed by atoms with Gasteiger partial charge in [0.2, 0.25) is 5.91 Å². The number of hydrogen-bond acceptors (Lipinski definition) is 4. The summed E-state index contributed by atoms with van der Waals surface area (Å²) in [5, 5.41) is 3.56. The van der Waals surface area contributed by atoms with Crippen molar-refractivity contribution < 1.29 is 4.79 Å². The van der Waals surface area contributed by atoms with Crippen molar-refractivity contribution in [3.63, 3.8) is 0 Å². The molecular formula is C27H35N5O2. The summed E-state index contributed by atoms with van der Waals surface area (Å²) in [4.78, 5) is 32.2. The van der Waals surface area contributed by atoms with Gasteiger partial charge in [0, 0.05) is 39.3 Å². The first-order valence-corrected chi connectivity index (χ1v) is 12.6. The predicted octanol–water partition coefficient (Wildman–Crippen LogP) is 4.71. The SMILES string of the molecule is CC(=O)N(C)C1CCN(c2cc3c(cc2Nc2ccccc2)[nH]c(=O)n3CC2CCCCC2)C1. The number of amides is 1. The van der Waals surface area contributed by atoms with E-state index in [2.05, 4.69) is 27.3 Å². The minimum Gasteiger partial charge on any atom is -0.368 e. The minimum atomic E-state index is -0.0287. The largest absolute Gasteiger partial charge is 0.368 e. The van der Waals surface area contributed by atoms with Crippen LogP contribution >= 0.6 is 0 Å². The Morgan fingerprint density at radius 1 is 1.12 bits per heavy atom. The van der Waals surface area contributed by atoms with E-state index < -0.39 is 0 Å². The first kappa shape index (κ1) is 22.6. The molecule has 1 atom stereocenters. The van der Waals surface area contributed by atoms with E-state index in [0.717, 1.165) is 54.2 Å². The van der Waals surface area contributed by atoms with Crippen molar-refractivity contribution in [2.75, 3.05) is 30.4 Å². The third kappa shape index (κ3) is 4.56. The number of rotatable bonds is 6. The zero-order valence-corrected chi connectivity index (χ0v) is 20.2. The summed E-state index contributed by atoms with van der Waals surface area (Å²) in [6.07, 6.45) is 7.16. The average Bonchev–Trinajstić information content (AvgIpc) is 3.44. The van der Waals surface area contributed by atoms with Crippen LogP contribution in [0.2, 0.25) is 0 Å². The molecule has 7 nitrogen and oxygen atoms in total. The standard InChI is InChI=1S/C27H35N5O2/c1-19(33)30(2)22-13-14-31(18-22)25-16-26-24(15-23(25)28-21-11-7-4-8-12-21)29-27(34)32(26)17-20-9-5-3-6-10-20/h4,7-8,11-12,15-16,20,22,28H,3,5-6,9-10,13-14,17-18H2,1-2H3,(H,29,34). The lowest BCUT2D eigenvalue weighted by Crippen LogP contribution is -2.37. The summed E-state index contributed by atoms with van der Waals surface area (Å²) >= 11 is 0. The van der Waals surface area contributed by atoms with E-state index in [-0.39, 0.29) is 17.6 Å². The van der Waals surface area contributed by atoms with Gasteiger partial charge in [-0.3, -0.25) is 9.36 Å². The van der Waals surface area contributed by atoms with Crippen LogP contribution in [-0.2, 0) is 11.3 Å². The van der Waals surface area contributed by atoms with Gasteiger partial charge < -0.3 is 20.1 Å². The van der Waals surface area contributed by atoms with Gasteiger partial charge in [0.25, 0.3) is 0 Å². The Bertz CT molecular complexity index is 1210. The highest BCUT2D eigenvalue weighted by molar-refractivity contribution is 5.90. The molecular weight excluding hydrogens is 426 g/mol. The minimum absolute atomic E-state index is 0.0287. The van der Waals surface area contributed by atoms with Gasteiger partial charge in [-0.15, -0.1) is 0 Å². The van der Waals surface area contributed by atoms with E-state index in [0.29, 0.717) is 5.92 Å². The molecule has 7 heteroatoms. The van der Waals surface area contributed by atoms with Crippen LogP contribution in [0.4, 0.5) is 17.1 Å². The number of benzene rings is 2. The highest BCUT2D eigenvalue weighted by Gasteiger charge is 2.29. The Kier molecular flexibility index (Phi) is 6.35. The van der Waals surface area contributed by atoms with Crippen LogP contribution in [0.5, 0.6) is 0 Å². The van der Waals surface area contributed by atoms with Gasteiger partial charge in [0.05, 0.1) is 28.5 Å². The number of H-pyrrole nitrogens is 1. The highest BCUT2D eigenvalue weighted by atomic mass is 16.2. The molecule has 1 aliphatic carbocycles. The number of aromatic nitrogens is 2. The Labute approximate surface area is 200 Å². The molecule has 2 heterocycles. The normalized spacial score (nSPS) is 19.0.